The molecule has 8 heteroatoms. The van der Waals surface area contributed by atoms with Crippen LogP contribution in [-0.2, 0) is 11.3 Å². The summed E-state index contributed by atoms with van der Waals surface area (Å²) in [5.74, 6) is -0.497. The molecule has 0 unspecified atom stereocenters. The topological polar surface area (TPSA) is 74.8 Å². The van der Waals surface area contributed by atoms with Crippen LogP contribution < -0.4 is 16.0 Å². The summed E-state index contributed by atoms with van der Waals surface area (Å²) in [4.78, 5) is 15.8. The second-order valence-corrected chi connectivity index (χ2v) is 6.64. The van der Waals surface area contributed by atoms with E-state index in [9.17, 15) is 13.6 Å². The van der Waals surface area contributed by atoms with E-state index in [0.717, 1.165) is 18.2 Å². The van der Waals surface area contributed by atoms with Gasteiger partial charge in [-0.2, -0.15) is 0 Å². The van der Waals surface area contributed by atoms with Gasteiger partial charge in [-0.1, -0.05) is 0 Å². The van der Waals surface area contributed by atoms with Crippen LogP contribution in [-0.4, -0.2) is 37.3 Å². The first-order valence-electron chi connectivity index (χ1n) is 8.64. The van der Waals surface area contributed by atoms with Gasteiger partial charge in [-0.15, -0.1) is 0 Å². The summed E-state index contributed by atoms with van der Waals surface area (Å²) in [6.07, 6.45) is 0.192. The number of nitrogens with one attached hydrogen (secondary N) is 3. The van der Waals surface area contributed by atoms with Gasteiger partial charge in [-0.3, -0.25) is 0 Å². The lowest BCUT2D eigenvalue weighted by molar-refractivity contribution is 0.0527. The van der Waals surface area contributed by atoms with Crippen LogP contribution in [0.25, 0.3) is 0 Å². The van der Waals surface area contributed by atoms with Gasteiger partial charge < -0.3 is 20.7 Å². The number of rotatable bonds is 7. The zero-order valence-electron chi connectivity index (χ0n) is 15.8. The fraction of sp³-hybridized carbons (Fsp3) is 0.556. The van der Waals surface area contributed by atoms with Crippen molar-refractivity contribution < 1.29 is 18.3 Å². The van der Waals surface area contributed by atoms with Gasteiger partial charge >= 0.3 is 6.09 Å². The first-order chi connectivity index (χ1) is 12.2. The van der Waals surface area contributed by atoms with E-state index >= 15 is 0 Å². The minimum Gasteiger partial charge on any atom is -0.444 e. The quantitative estimate of drug-likeness (QED) is 0.392. The fourth-order valence-electron chi connectivity index (χ4n) is 1.97. The molecule has 0 heterocycles. The maximum atomic E-state index is 13.6. The number of ether oxygens (including phenoxy) is 1. The van der Waals surface area contributed by atoms with Crippen LogP contribution >= 0.6 is 0 Å². The Morgan fingerprint density at radius 2 is 1.85 bits per heavy atom. The van der Waals surface area contributed by atoms with Crippen molar-refractivity contribution in [1.29, 1.82) is 0 Å². The van der Waals surface area contributed by atoms with Gasteiger partial charge in [-0.05, 0) is 52.3 Å². The molecule has 0 bridgehead atoms. The molecule has 0 atom stereocenters. The van der Waals surface area contributed by atoms with Crippen molar-refractivity contribution in [3.05, 3.63) is 35.4 Å². The number of carbonyl (C=O) groups excluding carboxylic acids is 1. The first-order valence-corrected chi connectivity index (χ1v) is 8.64. The van der Waals surface area contributed by atoms with E-state index in [2.05, 4.69) is 20.9 Å². The van der Waals surface area contributed by atoms with E-state index in [1.807, 2.05) is 6.92 Å². The lowest BCUT2D eigenvalue weighted by Gasteiger charge is -2.19. The van der Waals surface area contributed by atoms with Gasteiger partial charge in [0.2, 0.25) is 0 Å². The summed E-state index contributed by atoms with van der Waals surface area (Å²) in [6.45, 7) is 8.96. The molecule has 0 fully saturated rings. The highest BCUT2D eigenvalue weighted by Gasteiger charge is 2.15. The molecule has 1 amide bonds. The summed E-state index contributed by atoms with van der Waals surface area (Å²) in [5.41, 5.74) is -0.340. The lowest BCUT2D eigenvalue weighted by Crippen LogP contribution is -2.39. The summed E-state index contributed by atoms with van der Waals surface area (Å²) >= 11 is 0. The summed E-state index contributed by atoms with van der Waals surface area (Å²) in [7, 11) is 0. The molecule has 1 aromatic rings. The summed E-state index contributed by atoms with van der Waals surface area (Å²) in [5, 5.41) is 8.77. The van der Waals surface area contributed by atoms with Crippen molar-refractivity contribution >= 4 is 12.1 Å². The Bertz CT molecular complexity index is 616. The van der Waals surface area contributed by atoms with Crippen LogP contribution in [0.1, 0.15) is 39.7 Å². The van der Waals surface area contributed by atoms with Crippen LogP contribution in [0.4, 0.5) is 13.6 Å². The molecule has 6 nitrogen and oxygen atoms in total. The molecule has 0 aromatic heterocycles. The minimum absolute atomic E-state index is 0.0229. The van der Waals surface area contributed by atoms with Gasteiger partial charge in [0.05, 0.1) is 6.54 Å². The molecule has 0 radical (unpaired) electrons. The van der Waals surface area contributed by atoms with Crippen molar-refractivity contribution in [2.75, 3.05) is 19.6 Å². The standard InChI is InChI=1S/C18H28F2N4O2/c1-5-21-16(24-12-13-11-14(19)7-8-15(13)20)22-9-6-10-23-17(25)26-18(2,3)4/h7-8,11H,5-6,9-10,12H2,1-4H3,(H,23,25)(H2,21,22,24). The Labute approximate surface area is 153 Å². The largest absolute Gasteiger partial charge is 0.444 e. The third kappa shape index (κ3) is 9.19. The van der Waals surface area contributed by atoms with E-state index in [1.54, 1.807) is 20.8 Å². The van der Waals surface area contributed by atoms with Crippen molar-refractivity contribution in [3.63, 3.8) is 0 Å². The number of hydrogen-bond acceptors (Lipinski definition) is 3. The third-order valence-corrected chi connectivity index (χ3v) is 3.07. The second-order valence-electron chi connectivity index (χ2n) is 6.64. The average Bonchev–Trinajstić information content (AvgIpc) is 2.53. The monoisotopic (exact) mass is 370 g/mol. The number of halogens is 2. The highest BCUT2D eigenvalue weighted by atomic mass is 19.1. The highest BCUT2D eigenvalue weighted by Crippen LogP contribution is 2.10. The summed E-state index contributed by atoms with van der Waals surface area (Å²) < 4.78 is 31.9. The zero-order chi connectivity index (χ0) is 19.6. The highest BCUT2D eigenvalue weighted by molar-refractivity contribution is 5.79. The Kier molecular flexibility index (Phi) is 8.81. The lowest BCUT2D eigenvalue weighted by atomic mass is 10.2. The first kappa shape index (κ1) is 21.7. The van der Waals surface area contributed by atoms with Crippen molar-refractivity contribution in [2.45, 2.75) is 46.3 Å². The fourth-order valence-corrected chi connectivity index (χ4v) is 1.97. The molecule has 3 N–H and O–H groups in total. The van der Waals surface area contributed by atoms with Crippen LogP contribution in [0.2, 0.25) is 0 Å². The number of benzene rings is 1. The van der Waals surface area contributed by atoms with Crippen LogP contribution in [0, 0.1) is 11.6 Å². The van der Waals surface area contributed by atoms with Crippen LogP contribution in [0.3, 0.4) is 0 Å². The van der Waals surface area contributed by atoms with E-state index in [0.29, 0.717) is 32.0 Å². The van der Waals surface area contributed by atoms with Crippen LogP contribution in [0.15, 0.2) is 23.2 Å². The van der Waals surface area contributed by atoms with Gasteiger partial charge in [-0.25, -0.2) is 18.6 Å². The number of carbonyl (C=O) groups is 1. The number of guanidine groups is 1. The predicted octanol–water partition coefficient (Wildman–Crippen LogP) is 2.93. The molecular weight excluding hydrogens is 342 g/mol. The van der Waals surface area contributed by atoms with Crippen molar-refractivity contribution in [1.82, 2.24) is 16.0 Å². The third-order valence-electron chi connectivity index (χ3n) is 3.07. The second kappa shape index (κ2) is 10.6. The summed E-state index contributed by atoms with van der Waals surface area (Å²) in [6, 6.07) is 3.29. The molecule has 0 saturated carbocycles. The molecule has 0 spiro atoms. The SMILES string of the molecule is CCNC(=NCc1cc(F)ccc1F)NCCCNC(=O)OC(C)(C)C. The average molecular weight is 370 g/mol. The van der Waals surface area contributed by atoms with Gasteiger partial charge in [0.15, 0.2) is 5.96 Å². The Hall–Kier alpha value is -2.38. The number of amides is 1. The molecule has 0 saturated heterocycles. The molecule has 0 aliphatic carbocycles. The van der Waals surface area contributed by atoms with Crippen LogP contribution in [0.5, 0.6) is 0 Å². The van der Waals surface area contributed by atoms with Crippen molar-refractivity contribution in [2.24, 2.45) is 4.99 Å². The Balaban J connectivity index is 2.41. The van der Waals surface area contributed by atoms with E-state index in [-0.39, 0.29) is 12.1 Å². The molecule has 0 aliphatic heterocycles. The normalized spacial score (nSPS) is 11.8. The smallest absolute Gasteiger partial charge is 0.407 e. The van der Waals surface area contributed by atoms with Gasteiger partial charge in [0.1, 0.15) is 17.2 Å². The van der Waals surface area contributed by atoms with Gasteiger partial charge in [0.25, 0.3) is 0 Å². The zero-order valence-corrected chi connectivity index (χ0v) is 15.8. The predicted molar refractivity (Wildman–Crippen MR) is 98.0 cm³/mol. The Morgan fingerprint density at radius 3 is 2.50 bits per heavy atom. The molecular formula is C18H28F2N4O2. The number of nitrogens with zero attached hydrogens (tertiary/aromatic N) is 1. The van der Waals surface area contributed by atoms with Gasteiger partial charge in [0, 0.05) is 25.2 Å². The Morgan fingerprint density at radius 1 is 1.15 bits per heavy atom. The molecule has 26 heavy (non-hydrogen) atoms. The molecule has 1 aromatic carbocycles. The maximum absolute atomic E-state index is 13.6. The molecule has 146 valence electrons. The number of aliphatic imine (C=N–C) groups is 1. The molecule has 1 rings (SSSR count). The van der Waals surface area contributed by atoms with E-state index < -0.39 is 23.3 Å². The van der Waals surface area contributed by atoms with E-state index in [4.69, 9.17) is 4.74 Å². The van der Waals surface area contributed by atoms with Crippen molar-refractivity contribution in [3.8, 4) is 0 Å². The molecule has 0 aliphatic rings. The number of alkyl carbamates (subject to hydrolysis) is 1. The van der Waals surface area contributed by atoms with E-state index in [1.165, 1.54) is 0 Å². The minimum atomic E-state index is -0.528. The number of hydrogen-bond donors (Lipinski definition) is 3. The maximum Gasteiger partial charge on any atom is 0.407 e.